The lowest BCUT2D eigenvalue weighted by molar-refractivity contribution is -0.137. The van der Waals surface area contributed by atoms with Gasteiger partial charge in [-0.15, -0.1) is 0 Å². The van der Waals surface area contributed by atoms with Crippen molar-refractivity contribution in [2.24, 2.45) is 0 Å². The second kappa shape index (κ2) is 8.35. The summed E-state index contributed by atoms with van der Waals surface area (Å²) in [5.41, 5.74) is 0.480. The van der Waals surface area contributed by atoms with Crippen LogP contribution in [0.15, 0.2) is 24.3 Å². The van der Waals surface area contributed by atoms with Gasteiger partial charge in [0.05, 0.1) is 5.56 Å². The summed E-state index contributed by atoms with van der Waals surface area (Å²) in [6.45, 7) is 11.2. The monoisotopic (exact) mass is 396 g/mol. The number of hydrogen-bond acceptors (Lipinski definition) is 2. The van der Waals surface area contributed by atoms with Crippen LogP contribution in [0.25, 0.3) is 0 Å². The summed E-state index contributed by atoms with van der Waals surface area (Å²) in [6.07, 6.45) is 3.45. The molecular formula is C23H35F3N2. The van der Waals surface area contributed by atoms with Crippen LogP contribution in [0.4, 0.5) is 13.2 Å². The van der Waals surface area contributed by atoms with E-state index in [-0.39, 0.29) is 11.1 Å². The van der Waals surface area contributed by atoms with Crippen molar-refractivity contribution < 1.29 is 13.2 Å². The Kier molecular flexibility index (Phi) is 6.45. The Hall–Kier alpha value is -1.07. The minimum absolute atomic E-state index is 0.0835. The van der Waals surface area contributed by atoms with Gasteiger partial charge in [0.15, 0.2) is 0 Å². The first-order valence-corrected chi connectivity index (χ1v) is 10.8. The Morgan fingerprint density at radius 2 is 1.68 bits per heavy atom. The smallest absolute Gasteiger partial charge is 0.297 e. The summed E-state index contributed by atoms with van der Waals surface area (Å²) in [5, 5.41) is 0. The van der Waals surface area contributed by atoms with Gasteiger partial charge in [-0.1, -0.05) is 24.6 Å². The lowest BCUT2D eigenvalue weighted by Crippen LogP contribution is -2.63. The number of nitrogens with zero attached hydrogens (tertiary/aromatic N) is 2. The maximum atomic E-state index is 13.1. The van der Waals surface area contributed by atoms with E-state index in [1.807, 2.05) is 6.07 Å². The van der Waals surface area contributed by atoms with Crippen molar-refractivity contribution in [1.82, 2.24) is 9.80 Å². The molecule has 1 atom stereocenters. The Labute approximate surface area is 168 Å². The molecule has 3 rings (SSSR count). The molecule has 158 valence electrons. The van der Waals surface area contributed by atoms with Crippen LogP contribution < -0.4 is 0 Å². The molecule has 0 saturated carbocycles. The fourth-order valence-electron chi connectivity index (χ4n) is 4.95. The van der Waals surface area contributed by atoms with Crippen LogP contribution in [0.3, 0.4) is 0 Å². The van der Waals surface area contributed by atoms with Crippen LogP contribution in [0.5, 0.6) is 0 Å². The summed E-state index contributed by atoms with van der Waals surface area (Å²) in [6, 6.07) is 5.91. The van der Waals surface area contributed by atoms with Crippen molar-refractivity contribution in [1.29, 1.82) is 0 Å². The highest BCUT2D eigenvalue weighted by Gasteiger charge is 2.43. The van der Waals surface area contributed by atoms with E-state index in [0.717, 1.165) is 51.0 Å². The van der Waals surface area contributed by atoms with Crippen LogP contribution in [0.1, 0.15) is 70.4 Å². The van der Waals surface area contributed by atoms with Crippen LogP contribution in [-0.2, 0) is 12.6 Å². The largest absolute Gasteiger partial charge is 0.416 e. The van der Waals surface area contributed by atoms with E-state index >= 15 is 0 Å². The third-order valence-corrected chi connectivity index (χ3v) is 6.66. The summed E-state index contributed by atoms with van der Waals surface area (Å²) in [4.78, 5) is 5.25. The van der Waals surface area contributed by atoms with E-state index in [2.05, 4.69) is 30.6 Å². The van der Waals surface area contributed by atoms with Gasteiger partial charge in [-0.3, -0.25) is 9.80 Å². The van der Waals surface area contributed by atoms with E-state index in [4.69, 9.17) is 0 Å². The predicted octanol–water partition coefficient (Wildman–Crippen LogP) is 5.76. The van der Waals surface area contributed by atoms with Gasteiger partial charge in [-0.25, -0.2) is 0 Å². The lowest BCUT2D eigenvalue weighted by Gasteiger charge is -2.54. The first-order valence-electron chi connectivity index (χ1n) is 10.8. The van der Waals surface area contributed by atoms with E-state index < -0.39 is 11.7 Å². The van der Waals surface area contributed by atoms with Crippen molar-refractivity contribution >= 4 is 0 Å². The van der Waals surface area contributed by atoms with Crippen molar-refractivity contribution in [2.75, 3.05) is 26.2 Å². The van der Waals surface area contributed by atoms with Crippen molar-refractivity contribution in [2.45, 2.75) is 83.0 Å². The van der Waals surface area contributed by atoms with Gasteiger partial charge in [-0.2, -0.15) is 13.2 Å². The summed E-state index contributed by atoms with van der Waals surface area (Å²) >= 11 is 0. The number of hydrogen-bond donors (Lipinski definition) is 0. The van der Waals surface area contributed by atoms with Gasteiger partial charge >= 0.3 is 6.18 Å². The maximum Gasteiger partial charge on any atom is 0.416 e. The lowest BCUT2D eigenvalue weighted by atomic mass is 9.79. The minimum atomic E-state index is -4.27. The fourth-order valence-corrected chi connectivity index (χ4v) is 4.95. The van der Waals surface area contributed by atoms with Crippen LogP contribution >= 0.6 is 0 Å². The zero-order valence-corrected chi connectivity index (χ0v) is 17.6. The number of alkyl halides is 3. The Bertz CT molecular complexity index is 644. The van der Waals surface area contributed by atoms with E-state index in [0.29, 0.717) is 6.42 Å². The molecular weight excluding hydrogens is 361 g/mol. The van der Waals surface area contributed by atoms with E-state index in [1.165, 1.54) is 31.4 Å². The molecule has 2 saturated heterocycles. The summed E-state index contributed by atoms with van der Waals surface area (Å²) in [5.74, 6) is 0. The molecule has 2 heterocycles. The molecule has 0 spiro atoms. The molecule has 0 N–H and O–H groups in total. The summed E-state index contributed by atoms with van der Waals surface area (Å²) < 4.78 is 39.3. The molecule has 0 amide bonds. The predicted molar refractivity (Wildman–Crippen MR) is 108 cm³/mol. The molecule has 1 aromatic carbocycles. The van der Waals surface area contributed by atoms with E-state index in [9.17, 15) is 13.2 Å². The van der Waals surface area contributed by atoms with Crippen LogP contribution in [-0.4, -0.2) is 47.1 Å². The zero-order valence-electron chi connectivity index (χ0n) is 17.6. The van der Waals surface area contributed by atoms with Gasteiger partial charge in [-0.05, 0) is 90.6 Å². The van der Waals surface area contributed by atoms with Gasteiger partial charge in [0.1, 0.15) is 0 Å². The van der Waals surface area contributed by atoms with Gasteiger partial charge in [0.2, 0.25) is 0 Å². The molecule has 0 unspecified atom stereocenters. The van der Waals surface area contributed by atoms with Crippen molar-refractivity contribution in [3.8, 4) is 0 Å². The first-order chi connectivity index (χ1) is 13.1. The highest BCUT2D eigenvalue weighted by atomic mass is 19.4. The molecule has 0 radical (unpaired) electrons. The zero-order chi connectivity index (χ0) is 20.4. The first kappa shape index (κ1) is 21.6. The quantitative estimate of drug-likeness (QED) is 0.639. The third kappa shape index (κ3) is 5.10. The van der Waals surface area contributed by atoms with E-state index in [1.54, 1.807) is 6.07 Å². The molecule has 2 aliphatic heterocycles. The Morgan fingerprint density at radius 1 is 0.964 bits per heavy atom. The second-order valence-corrected chi connectivity index (χ2v) is 9.67. The molecule has 1 aromatic rings. The molecule has 0 bridgehead atoms. The molecule has 2 fully saturated rings. The average molecular weight is 397 g/mol. The molecule has 28 heavy (non-hydrogen) atoms. The maximum absolute atomic E-state index is 13.1. The Balaban J connectivity index is 1.80. The SMILES string of the molecule is CC(C)(C)N1CCC[C@](CCc2cccc(C(F)(F)F)c2)(N2CCCCC2)C1. The normalized spacial score (nSPS) is 25.8. The van der Waals surface area contributed by atoms with Gasteiger partial charge < -0.3 is 0 Å². The summed E-state index contributed by atoms with van der Waals surface area (Å²) in [7, 11) is 0. The number of benzene rings is 1. The van der Waals surface area contributed by atoms with Gasteiger partial charge in [0, 0.05) is 17.6 Å². The molecule has 0 aliphatic carbocycles. The molecule has 0 aromatic heterocycles. The topological polar surface area (TPSA) is 6.48 Å². The molecule has 2 nitrogen and oxygen atoms in total. The number of rotatable bonds is 4. The highest BCUT2D eigenvalue weighted by Crippen LogP contribution is 2.37. The Morgan fingerprint density at radius 3 is 2.32 bits per heavy atom. The van der Waals surface area contributed by atoms with Crippen molar-refractivity contribution in [3.05, 3.63) is 35.4 Å². The molecule has 5 heteroatoms. The third-order valence-electron chi connectivity index (χ3n) is 6.66. The average Bonchev–Trinajstić information content (AvgIpc) is 2.66. The second-order valence-electron chi connectivity index (χ2n) is 9.67. The number of halogens is 3. The van der Waals surface area contributed by atoms with Gasteiger partial charge in [0.25, 0.3) is 0 Å². The minimum Gasteiger partial charge on any atom is -0.297 e. The number of likely N-dealkylation sites (tertiary alicyclic amines) is 2. The standard InChI is InChI=1S/C23H35F3N2/c1-21(2,3)28-16-8-12-22(18-28,27-14-5-4-6-15-27)13-11-19-9-7-10-20(17-19)23(24,25)26/h7,9-10,17H,4-6,8,11-16,18H2,1-3H3/t22-/m1/s1. The van der Waals surface area contributed by atoms with Crippen molar-refractivity contribution in [3.63, 3.8) is 0 Å². The fraction of sp³-hybridized carbons (Fsp3) is 0.739. The highest BCUT2D eigenvalue weighted by molar-refractivity contribution is 5.26. The number of aryl methyl sites for hydroxylation is 1. The van der Waals surface area contributed by atoms with Crippen LogP contribution in [0.2, 0.25) is 0 Å². The van der Waals surface area contributed by atoms with Crippen LogP contribution in [0, 0.1) is 0 Å². The molecule has 2 aliphatic rings. The number of piperidine rings is 2.